The van der Waals surface area contributed by atoms with Crippen molar-refractivity contribution in [3.05, 3.63) is 34.9 Å². The average Bonchev–Trinajstić information content (AvgIpc) is 2.27. The highest BCUT2D eigenvalue weighted by Gasteiger charge is 2.16. The summed E-state index contributed by atoms with van der Waals surface area (Å²) >= 11 is 5.87. The SMILES string of the molecule is CCS(=O)(=O)CC(=O)N[C@@H](C)Cc1cccc(Cl)c1. The van der Waals surface area contributed by atoms with Crippen molar-refractivity contribution in [2.75, 3.05) is 11.5 Å². The van der Waals surface area contributed by atoms with Crippen LogP contribution in [0.3, 0.4) is 0 Å². The molecule has 0 aliphatic carbocycles. The van der Waals surface area contributed by atoms with Crippen LogP contribution >= 0.6 is 11.6 Å². The monoisotopic (exact) mass is 303 g/mol. The second-order valence-electron chi connectivity index (χ2n) is 4.48. The minimum Gasteiger partial charge on any atom is -0.352 e. The third-order valence-corrected chi connectivity index (χ3v) is 4.45. The molecule has 0 spiro atoms. The van der Waals surface area contributed by atoms with Crippen LogP contribution in [0.15, 0.2) is 24.3 Å². The fraction of sp³-hybridized carbons (Fsp3) is 0.462. The fourth-order valence-electron chi connectivity index (χ4n) is 1.69. The number of carbonyl (C=O) groups excluding carboxylic acids is 1. The summed E-state index contributed by atoms with van der Waals surface area (Å²) in [6, 6.07) is 7.22. The molecule has 1 aromatic rings. The van der Waals surface area contributed by atoms with Crippen LogP contribution in [0.5, 0.6) is 0 Å². The highest BCUT2D eigenvalue weighted by atomic mass is 35.5. The van der Waals surface area contributed by atoms with Crippen molar-refractivity contribution in [2.45, 2.75) is 26.3 Å². The van der Waals surface area contributed by atoms with Crippen molar-refractivity contribution in [3.8, 4) is 0 Å². The van der Waals surface area contributed by atoms with E-state index in [2.05, 4.69) is 5.32 Å². The lowest BCUT2D eigenvalue weighted by Gasteiger charge is -2.14. The zero-order valence-electron chi connectivity index (χ0n) is 11.0. The molecule has 19 heavy (non-hydrogen) atoms. The number of hydrogen-bond acceptors (Lipinski definition) is 3. The molecule has 0 saturated heterocycles. The Hall–Kier alpha value is -1.07. The van der Waals surface area contributed by atoms with Gasteiger partial charge in [0, 0.05) is 16.8 Å². The minimum absolute atomic E-state index is 0.0247. The highest BCUT2D eigenvalue weighted by molar-refractivity contribution is 7.92. The number of carbonyl (C=O) groups is 1. The zero-order chi connectivity index (χ0) is 14.5. The molecular weight excluding hydrogens is 286 g/mol. The predicted molar refractivity (Wildman–Crippen MR) is 77.1 cm³/mol. The molecule has 4 nitrogen and oxygen atoms in total. The van der Waals surface area contributed by atoms with Gasteiger partial charge in [-0.3, -0.25) is 4.79 Å². The van der Waals surface area contributed by atoms with Gasteiger partial charge < -0.3 is 5.32 Å². The molecule has 106 valence electrons. The van der Waals surface area contributed by atoms with Gasteiger partial charge in [-0.05, 0) is 31.0 Å². The molecule has 1 atom stereocenters. The molecule has 0 radical (unpaired) electrons. The van der Waals surface area contributed by atoms with E-state index < -0.39 is 21.5 Å². The van der Waals surface area contributed by atoms with Crippen LogP contribution in [0.4, 0.5) is 0 Å². The second kappa shape index (κ2) is 6.91. The van der Waals surface area contributed by atoms with Gasteiger partial charge in [-0.2, -0.15) is 0 Å². The highest BCUT2D eigenvalue weighted by Crippen LogP contribution is 2.12. The van der Waals surface area contributed by atoms with Gasteiger partial charge in [0.2, 0.25) is 5.91 Å². The molecule has 0 fully saturated rings. The predicted octanol–water partition coefficient (Wildman–Crippen LogP) is 1.82. The van der Waals surface area contributed by atoms with Gasteiger partial charge in [0.15, 0.2) is 9.84 Å². The third kappa shape index (κ3) is 6.07. The molecule has 1 amide bonds. The van der Waals surface area contributed by atoms with Crippen molar-refractivity contribution in [1.29, 1.82) is 0 Å². The number of benzene rings is 1. The summed E-state index contributed by atoms with van der Waals surface area (Å²) in [6.07, 6.45) is 0.610. The molecule has 0 aromatic heterocycles. The lowest BCUT2D eigenvalue weighted by Crippen LogP contribution is -2.38. The van der Waals surface area contributed by atoms with Gasteiger partial charge in [-0.1, -0.05) is 30.7 Å². The maximum Gasteiger partial charge on any atom is 0.235 e. The Balaban J connectivity index is 2.52. The first-order valence-corrected chi connectivity index (χ1v) is 8.26. The van der Waals surface area contributed by atoms with E-state index in [0.717, 1.165) is 5.56 Å². The molecule has 0 aliphatic rings. The van der Waals surface area contributed by atoms with Crippen molar-refractivity contribution in [2.24, 2.45) is 0 Å². The average molecular weight is 304 g/mol. The topological polar surface area (TPSA) is 63.2 Å². The van der Waals surface area contributed by atoms with Crippen molar-refractivity contribution in [1.82, 2.24) is 5.32 Å². The summed E-state index contributed by atoms with van der Waals surface area (Å²) < 4.78 is 22.6. The molecule has 1 rings (SSSR count). The van der Waals surface area contributed by atoms with E-state index in [1.807, 2.05) is 25.1 Å². The second-order valence-corrected chi connectivity index (χ2v) is 7.27. The largest absolute Gasteiger partial charge is 0.352 e. The molecule has 1 aromatic carbocycles. The molecule has 6 heteroatoms. The van der Waals surface area contributed by atoms with Gasteiger partial charge in [0.05, 0.1) is 0 Å². The first-order valence-electron chi connectivity index (χ1n) is 6.06. The molecule has 1 N–H and O–H groups in total. The number of halogens is 1. The Labute approximate surface area is 119 Å². The van der Waals surface area contributed by atoms with E-state index in [4.69, 9.17) is 11.6 Å². The Morgan fingerprint density at radius 1 is 1.42 bits per heavy atom. The van der Waals surface area contributed by atoms with Crippen LogP contribution in [0.25, 0.3) is 0 Å². The van der Waals surface area contributed by atoms with Crippen LogP contribution in [0.1, 0.15) is 19.4 Å². The maximum atomic E-state index is 11.6. The van der Waals surface area contributed by atoms with Gasteiger partial charge in [0.1, 0.15) is 5.75 Å². The van der Waals surface area contributed by atoms with Gasteiger partial charge in [0.25, 0.3) is 0 Å². The number of sulfone groups is 1. The van der Waals surface area contributed by atoms with Crippen LogP contribution in [0.2, 0.25) is 5.02 Å². The minimum atomic E-state index is -3.28. The smallest absolute Gasteiger partial charge is 0.235 e. The van der Waals surface area contributed by atoms with E-state index in [1.165, 1.54) is 6.92 Å². The number of amides is 1. The summed E-state index contributed by atoms with van der Waals surface area (Å²) in [5.41, 5.74) is 0.999. The lowest BCUT2D eigenvalue weighted by molar-refractivity contribution is -0.119. The standard InChI is InChI=1S/C13H18ClNO3S/c1-3-19(17,18)9-13(16)15-10(2)7-11-5-4-6-12(14)8-11/h4-6,8,10H,3,7,9H2,1-2H3,(H,15,16)/t10-/m0/s1. The van der Waals surface area contributed by atoms with Crippen molar-refractivity contribution < 1.29 is 13.2 Å². The molecule has 0 bridgehead atoms. The normalized spacial score (nSPS) is 13.0. The zero-order valence-corrected chi connectivity index (χ0v) is 12.6. The van der Waals surface area contributed by atoms with Crippen molar-refractivity contribution in [3.63, 3.8) is 0 Å². The molecule has 0 heterocycles. The van der Waals surface area contributed by atoms with E-state index >= 15 is 0 Å². The number of rotatable bonds is 6. The molecule has 0 unspecified atom stereocenters. The number of hydrogen-bond donors (Lipinski definition) is 1. The Kier molecular flexibility index (Phi) is 5.82. The van der Waals surface area contributed by atoms with Crippen LogP contribution in [-0.4, -0.2) is 31.9 Å². The van der Waals surface area contributed by atoms with Gasteiger partial charge in [-0.15, -0.1) is 0 Å². The molecule has 0 saturated carbocycles. The fourth-order valence-corrected chi connectivity index (χ4v) is 2.59. The van der Waals surface area contributed by atoms with E-state index in [9.17, 15) is 13.2 Å². The summed E-state index contributed by atoms with van der Waals surface area (Å²) in [6.45, 7) is 3.36. The quantitative estimate of drug-likeness (QED) is 0.872. The first-order chi connectivity index (χ1) is 8.82. The van der Waals surface area contributed by atoms with Gasteiger partial charge in [-0.25, -0.2) is 8.42 Å². The number of nitrogens with one attached hydrogen (secondary N) is 1. The Morgan fingerprint density at radius 3 is 2.68 bits per heavy atom. The van der Waals surface area contributed by atoms with Crippen LogP contribution in [0, 0.1) is 0 Å². The summed E-state index contributed by atoms with van der Waals surface area (Å²) in [4.78, 5) is 11.6. The Morgan fingerprint density at radius 2 is 2.11 bits per heavy atom. The van der Waals surface area contributed by atoms with Crippen LogP contribution < -0.4 is 5.32 Å². The van der Waals surface area contributed by atoms with E-state index in [0.29, 0.717) is 11.4 Å². The van der Waals surface area contributed by atoms with E-state index in [1.54, 1.807) is 6.07 Å². The lowest BCUT2D eigenvalue weighted by atomic mass is 10.1. The van der Waals surface area contributed by atoms with Crippen molar-refractivity contribution >= 4 is 27.3 Å². The molecular formula is C13H18ClNO3S. The molecule has 0 aliphatic heterocycles. The van der Waals surface area contributed by atoms with E-state index in [-0.39, 0.29) is 11.8 Å². The maximum absolute atomic E-state index is 11.6. The van der Waals surface area contributed by atoms with Gasteiger partial charge >= 0.3 is 0 Å². The third-order valence-electron chi connectivity index (χ3n) is 2.63. The summed E-state index contributed by atoms with van der Waals surface area (Å²) in [5, 5.41) is 3.32. The summed E-state index contributed by atoms with van der Waals surface area (Å²) in [7, 11) is -3.28. The first kappa shape index (κ1) is 16.0. The Bertz CT molecular complexity index is 543. The van der Waals surface area contributed by atoms with Crippen LogP contribution in [-0.2, 0) is 21.1 Å². The summed E-state index contributed by atoms with van der Waals surface area (Å²) in [5.74, 6) is -0.941.